The van der Waals surface area contributed by atoms with Crippen LogP contribution in [-0.2, 0) is 4.74 Å². The van der Waals surface area contributed by atoms with Gasteiger partial charge in [-0.25, -0.2) is 0 Å². The number of hydrogen-bond acceptors (Lipinski definition) is 2. The van der Waals surface area contributed by atoms with Crippen molar-refractivity contribution in [3.8, 4) is 0 Å². The smallest absolute Gasteiger partial charge is 0.418 e. The number of amides is 1. The third-order valence-corrected chi connectivity index (χ3v) is 2.24. The molecule has 0 radical (unpaired) electrons. The first-order chi connectivity index (χ1) is 6.59. The number of nitrogens with zero attached hydrogens (tertiary/aromatic N) is 1. The Morgan fingerprint density at radius 1 is 1.36 bits per heavy atom. The minimum Gasteiger partial charge on any atom is -0.418 e. The second-order valence-electron chi connectivity index (χ2n) is 2.55. The summed E-state index contributed by atoms with van der Waals surface area (Å²) in [4.78, 5) is 11.4. The van der Waals surface area contributed by atoms with Gasteiger partial charge >= 0.3 is 6.09 Å². The number of rotatable bonds is 2. The molecule has 3 nitrogen and oxygen atoms in total. The van der Waals surface area contributed by atoms with Crippen LogP contribution in [0.1, 0.15) is 6.92 Å². The predicted molar refractivity (Wildman–Crippen MR) is 57.0 cm³/mol. The third kappa shape index (κ3) is 2.38. The Kier molecular flexibility index (Phi) is 3.75. The van der Waals surface area contributed by atoms with Gasteiger partial charge in [-0.2, -0.15) is 4.79 Å². The van der Waals surface area contributed by atoms with E-state index in [0.29, 0.717) is 5.69 Å². The van der Waals surface area contributed by atoms with Crippen LogP contribution in [-0.4, -0.2) is 12.7 Å². The van der Waals surface area contributed by atoms with E-state index in [0.717, 1.165) is 0 Å². The number of quaternary nitrogens is 1. The molecule has 0 aliphatic rings. The molecule has 14 heavy (non-hydrogen) atoms. The average Bonchev–Trinajstić information content (AvgIpc) is 2.19. The molecule has 0 bridgehead atoms. The molecular formula is C9H10Cl2NO2+. The standard InChI is InChI=1S/C9H10Cl2NO2/c1-2-14-9(13)12(10,11)8-6-4-3-5-7-8/h3-7H,2H2,1H3/q+1. The summed E-state index contributed by atoms with van der Waals surface area (Å²) in [5, 5.41) is 0. The molecule has 0 atom stereocenters. The molecule has 0 aliphatic heterocycles. The molecule has 5 heteroatoms. The molecule has 1 amide bonds. The van der Waals surface area contributed by atoms with Gasteiger partial charge in [-0.05, 0) is 6.92 Å². The summed E-state index contributed by atoms with van der Waals surface area (Å²) in [5.41, 5.74) is 0.453. The molecule has 1 aromatic rings. The maximum atomic E-state index is 11.4. The van der Waals surface area contributed by atoms with Crippen molar-refractivity contribution in [3.63, 3.8) is 0 Å². The van der Waals surface area contributed by atoms with Gasteiger partial charge < -0.3 is 4.74 Å². The molecule has 0 heterocycles. The molecule has 1 rings (SSSR count). The summed E-state index contributed by atoms with van der Waals surface area (Å²) in [6, 6.07) is 8.59. The number of benzene rings is 1. The number of carbonyl (C=O) groups excluding carboxylic acids is 1. The van der Waals surface area contributed by atoms with Gasteiger partial charge in [-0.3, -0.25) is 0 Å². The monoisotopic (exact) mass is 234 g/mol. The van der Waals surface area contributed by atoms with Gasteiger partial charge in [0.1, 0.15) is 0 Å². The van der Waals surface area contributed by atoms with Crippen molar-refractivity contribution in [2.75, 3.05) is 6.61 Å². The highest BCUT2D eigenvalue weighted by molar-refractivity contribution is 6.51. The van der Waals surface area contributed by atoms with E-state index in [1.54, 1.807) is 31.2 Å². The highest BCUT2D eigenvalue weighted by Crippen LogP contribution is 2.30. The quantitative estimate of drug-likeness (QED) is 0.733. The van der Waals surface area contributed by atoms with Crippen molar-refractivity contribution < 1.29 is 9.53 Å². The molecule has 0 unspecified atom stereocenters. The van der Waals surface area contributed by atoms with E-state index >= 15 is 0 Å². The van der Waals surface area contributed by atoms with Crippen LogP contribution >= 0.6 is 23.6 Å². The second-order valence-corrected chi connectivity index (χ2v) is 3.74. The topological polar surface area (TPSA) is 26.3 Å². The van der Waals surface area contributed by atoms with Gasteiger partial charge in [0.2, 0.25) is 23.6 Å². The van der Waals surface area contributed by atoms with Crippen molar-refractivity contribution in [1.29, 1.82) is 0 Å². The Labute approximate surface area is 92.6 Å². The maximum Gasteiger partial charge on any atom is 0.559 e. The van der Waals surface area contributed by atoms with E-state index in [4.69, 9.17) is 28.3 Å². The number of para-hydroxylation sites is 1. The zero-order valence-corrected chi connectivity index (χ0v) is 9.13. The van der Waals surface area contributed by atoms with Crippen LogP contribution in [0.15, 0.2) is 30.3 Å². The fourth-order valence-corrected chi connectivity index (χ4v) is 1.25. The zero-order valence-electron chi connectivity index (χ0n) is 7.61. The second kappa shape index (κ2) is 4.64. The molecule has 0 aromatic heterocycles. The minimum atomic E-state index is -0.936. The molecule has 0 saturated carbocycles. The lowest BCUT2D eigenvalue weighted by Gasteiger charge is -2.14. The normalized spacial score (nSPS) is 11.1. The van der Waals surface area contributed by atoms with Crippen molar-refractivity contribution in [2.24, 2.45) is 0 Å². The highest BCUT2D eigenvalue weighted by atomic mass is 35.5. The molecule has 76 valence electrons. The number of halogens is 2. The van der Waals surface area contributed by atoms with Gasteiger partial charge in [0.15, 0.2) is 5.69 Å². The van der Waals surface area contributed by atoms with E-state index < -0.39 is 9.61 Å². The molecular weight excluding hydrogens is 225 g/mol. The van der Waals surface area contributed by atoms with Crippen LogP contribution in [0.5, 0.6) is 0 Å². The minimum absolute atomic E-state index is 0.241. The average molecular weight is 235 g/mol. The van der Waals surface area contributed by atoms with Gasteiger partial charge in [0.25, 0.3) is 0 Å². The van der Waals surface area contributed by atoms with Crippen LogP contribution < -0.4 is 3.52 Å². The van der Waals surface area contributed by atoms with Crippen molar-refractivity contribution >= 4 is 35.3 Å². The molecule has 0 saturated heterocycles. The van der Waals surface area contributed by atoms with E-state index in [2.05, 4.69) is 0 Å². The first kappa shape index (κ1) is 11.3. The molecule has 0 spiro atoms. The number of hydrogen-bond donors (Lipinski definition) is 0. The summed E-state index contributed by atoms with van der Waals surface area (Å²) in [6.45, 7) is 1.93. The van der Waals surface area contributed by atoms with E-state index in [1.165, 1.54) is 0 Å². The SMILES string of the molecule is CCOC(=O)[N+](Cl)(Cl)c1ccccc1. The van der Waals surface area contributed by atoms with Crippen LogP contribution in [0, 0.1) is 0 Å². The predicted octanol–water partition coefficient (Wildman–Crippen LogP) is 3.46. The first-order valence-corrected chi connectivity index (χ1v) is 4.78. The zero-order chi connectivity index (χ0) is 10.6. The van der Waals surface area contributed by atoms with Crippen LogP contribution in [0.2, 0.25) is 0 Å². The summed E-state index contributed by atoms with van der Waals surface area (Å²) in [5.74, 6) is 0. The van der Waals surface area contributed by atoms with E-state index in [-0.39, 0.29) is 6.61 Å². The molecule has 0 N–H and O–H groups in total. The van der Waals surface area contributed by atoms with Crippen LogP contribution in [0.25, 0.3) is 0 Å². The summed E-state index contributed by atoms with van der Waals surface area (Å²) < 4.78 is 3.79. The van der Waals surface area contributed by atoms with Crippen molar-refractivity contribution in [1.82, 2.24) is 3.52 Å². The van der Waals surface area contributed by atoms with Crippen LogP contribution in [0.3, 0.4) is 0 Å². The highest BCUT2D eigenvalue weighted by Gasteiger charge is 2.40. The molecule has 1 aromatic carbocycles. The lowest BCUT2D eigenvalue weighted by molar-refractivity contribution is 0.146. The maximum absolute atomic E-state index is 11.4. The van der Waals surface area contributed by atoms with Crippen molar-refractivity contribution in [3.05, 3.63) is 30.3 Å². The van der Waals surface area contributed by atoms with Gasteiger partial charge in [0, 0.05) is 15.7 Å². The Bertz CT molecular complexity index is 314. The fraction of sp³-hybridized carbons (Fsp3) is 0.222. The summed E-state index contributed by atoms with van der Waals surface area (Å²) in [7, 11) is 0. The lowest BCUT2D eigenvalue weighted by atomic mass is 10.3. The first-order valence-electron chi connectivity index (χ1n) is 4.10. The number of ether oxygens (including phenoxy) is 1. The summed E-state index contributed by atoms with van der Waals surface area (Å²) in [6.07, 6.45) is -0.706. The van der Waals surface area contributed by atoms with Gasteiger partial charge in [-0.15, -0.1) is 0 Å². The van der Waals surface area contributed by atoms with E-state index in [1.807, 2.05) is 6.07 Å². The Balaban J connectivity index is 2.90. The van der Waals surface area contributed by atoms with Gasteiger partial charge in [0.05, 0.1) is 6.61 Å². The van der Waals surface area contributed by atoms with Gasteiger partial charge in [-0.1, -0.05) is 18.2 Å². The fourth-order valence-electron chi connectivity index (χ4n) is 0.925. The van der Waals surface area contributed by atoms with Crippen molar-refractivity contribution in [2.45, 2.75) is 6.92 Å². The largest absolute Gasteiger partial charge is 0.559 e. The Hall–Kier alpha value is -0.770. The molecule has 0 aliphatic carbocycles. The molecule has 0 fully saturated rings. The van der Waals surface area contributed by atoms with E-state index in [9.17, 15) is 4.79 Å². The van der Waals surface area contributed by atoms with Crippen LogP contribution in [0.4, 0.5) is 10.5 Å². The Morgan fingerprint density at radius 2 is 1.93 bits per heavy atom. The third-order valence-electron chi connectivity index (χ3n) is 1.58. The Morgan fingerprint density at radius 3 is 2.43 bits per heavy atom. The number of carbonyl (C=O) groups is 1. The summed E-state index contributed by atoms with van der Waals surface area (Å²) >= 11 is 11.6. The lowest BCUT2D eigenvalue weighted by Crippen LogP contribution is -2.35.